The predicted octanol–water partition coefficient (Wildman–Crippen LogP) is 2.42. The van der Waals surface area contributed by atoms with Gasteiger partial charge in [-0.1, -0.05) is 24.3 Å². The van der Waals surface area contributed by atoms with Crippen LogP contribution in [0.2, 0.25) is 0 Å². The molecule has 0 radical (unpaired) electrons. The van der Waals surface area contributed by atoms with Gasteiger partial charge in [0.1, 0.15) is 12.0 Å². The predicted molar refractivity (Wildman–Crippen MR) is 89.5 cm³/mol. The van der Waals surface area contributed by atoms with Crippen molar-refractivity contribution in [3.63, 3.8) is 0 Å². The van der Waals surface area contributed by atoms with Gasteiger partial charge in [-0.2, -0.15) is 0 Å². The van der Waals surface area contributed by atoms with Crippen molar-refractivity contribution in [1.29, 1.82) is 0 Å². The van der Waals surface area contributed by atoms with E-state index in [1.165, 1.54) is 7.11 Å². The SMILES string of the molecule is C=CCN1C2CC[C@@H]1C(C(=O)OC)C(OC(=O)c1ccccc1)C2. The number of piperidine rings is 1. The highest BCUT2D eigenvalue weighted by atomic mass is 16.6. The fourth-order valence-corrected chi connectivity index (χ4v) is 4.05. The van der Waals surface area contributed by atoms with E-state index in [-0.39, 0.29) is 18.0 Å². The highest BCUT2D eigenvalue weighted by molar-refractivity contribution is 5.89. The number of rotatable bonds is 5. The topological polar surface area (TPSA) is 55.8 Å². The Morgan fingerprint density at radius 2 is 2.04 bits per heavy atom. The van der Waals surface area contributed by atoms with Crippen molar-refractivity contribution in [2.75, 3.05) is 13.7 Å². The van der Waals surface area contributed by atoms with Gasteiger partial charge in [0, 0.05) is 25.0 Å². The van der Waals surface area contributed by atoms with Crippen LogP contribution in [0, 0.1) is 5.92 Å². The van der Waals surface area contributed by atoms with E-state index in [2.05, 4.69) is 11.5 Å². The monoisotopic (exact) mass is 329 g/mol. The molecule has 24 heavy (non-hydrogen) atoms. The molecule has 3 unspecified atom stereocenters. The summed E-state index contributed by atoms with van der Waals surface area (Å²) in [7, 11) is 1.39. The molecule has 5 nitrogen and oxygen atoms in total. The molecular weight excluding hydrogens is 306 g/mol. The van der Waals surface area contributed by atoms with Gasteiger partial charge in [-0.3, -0.25) is 9.69 Å². The van der Waals surface area contributed by atoms with Crippen molar-refractivity contribution in [3.8, 4) is 0 Å². The van der Waals surface area contributed by atoms with Crippen molar-refractivity contribution >= 4 is 11.9 Å². The smallest absolute Gasteiger partial charge is 0.338 e. The summed E-state index contributed by atoms with van der Waals surface area (Å²) in [6, 6.07) is 9.25. The van der Waals surface area contributed by atoms with Crippen LogP contribution >= 0.6 is 0 Å². The fourth-order valence-electron chi connectivity index (χ4n) is 4.05. The highest BCUT2D eigenvalue weighted by Gasteiger charge is 2.51. The Bertz CT molecular complexity index is 615. The lowest BCUT2D eigenvalue weighted by atomic mass is 9.87. The average molecular weight is 329 g/mol. The van der Waals surface area contributed by atoms with Gasteiger partial charge in [0.15, 0.2) is 0 Å². The fraction of sp³-hybridized carbons (Fsp3) is 0.474. The summed E-state index contributed by atoms with van der Waals surface area (Å²) >= 11 is 0. The minimum absolute atomic E-state index is 0.0442. The number of carbonyl (C=O) groups is 2. The largest absolute Gasteiger partial charge is 0.469 e. The van der Waals surface area contributed by atoms with E-state index in [4.69, 9.17) is 9.47 Å². The number of carbonyl (C=O) groups excluding carboxylic acids is 2. The molecule has 128 valence electrons. The molecule has 4 atom stereocenters. The summed E-state index contributed by atoms with van der Waals surface area (Å²) in [6.45, 7) is 4.54. The molecular formula is C19H23NO4. The number of hydrogen-bond acceptors (Lipinski definition) is 5. The van der Waals surface area contributed by atoms with E-state index in [1.807, 2.05) is 12.1 Å². The Morgan fingerprint density at radius 3 is 2.71 bits per heavy atom. The summed E-state index contributed by atoms with van der Waals surface area (Å²) in [5.74, 6) is -1.13. The maximum Gasteiger partial charge on any atom is 0.338 e. The maximum atomic E-state index is 12.4. The lowest BCUT2D eigenvalue weighted by Gasteiger charge is -2.42. The molecule has 2 bridgehead atoms. The normalized spacial score (nSPS) is 29.0. The first-order valence-electron chi connectivity index (χ1n) is 8.36. The third-order valence-electron chi connectivity index (χ3n) is 5.09. The molecule has 0 spiro atoms. The summed E-state index contributed by atoms with van der Waals surface area (Å²) in [5.41, 5.74) is 0.502. The molecule has 2 aliphatic heterocycles. The van der Waals surface area contributed by atoms with Crippen LogP contribution in [0.1, 0.15) is 29.6 Å². The maximum absolute atomic E-state index is 12.4. The van der Waals surface area contributed by atoms with E-state index in [1.54, 1.807) is 24.3 Å². The molecule has 2 heterocycles. The van der Waals surface area contributed by atoms with Crippen LogP contribution in [-0.2, 0) is 14.3 Å². The lowest BCUT2D eigenvalue weighted by Crippen LogP contribution is -2.55. The lowest BCUT2D eigenvalue weighted by molar-refractivity contribution is -0.156. The zero-order chi connectivity index (χ0) is 17.1. The second-order valence-corrected chi connectivity index (χ2v) is 6.38. The average Bonchev–Trinajstić information content (AvgIpc) is 2.88. The number of ether oxygens (including phenoxy) is 2. The Hall–Kier alpha value is -2.14. The summed E-state index contributed by atoms with van der Waals surface area (Å²) in [6.07, 6.45) is 3.99. The number of hydrogen-bond donors (Lipinski definition) is 0. The second kappa shape index (κ2) is 7.18. The highest BCUT2D eigenvalue weighted by Crippen LogP contribution is 2.41. The molecule has 3 rings (SSSR count). The minimum atomic E-state index is -0.443. The molecule has 0 N–H and O–H groups in total. The van der Waals surface area contributed by atoms with Gasteiger partial charge in [-0.25, -0.2) is 4.79 Å². The van der Waals surface area contributed by atoms with Crippen LogP contribution in [-0.4, -0.2) is 48.7 Å². The van der Waals surface area contributed by atoms with Crippen LogP contribution in [0.4, 0.5) is 0 Å². The van der Waals surface area contributed by atoms with Crippen molar-refractivity contribution < 1.29 is 19.1 Å². The molecule has 2 fully saturated rings. The van der Waals surface area contributed by atoms with Crippen LogP contribution in [0.25, 0.3) is 0 Å². The number of benzene rings is 1. The molecule has 1 aromatic rings. The van der Waals surface area contributed by atoms with Gasteiger partial charge in [-0.15, -0.1) is 6.58 Å². The second-order valence-electron chi connectivity index (χ2n) is 6.38. The Labute approximate surface area is 142 Å². The van der Waals surface area contributed by atoms with Gasteiger partial charge in [0.2, 0.25) is 0 Å². The molecule has 0 aliphatic carbocycles. The quantitative estimate of drug-likeness (QED) is 0.613. The molecule has 5 heteroatoms. The van der Waals surface area contributed by atoms with Crippen LogP contribution in [0.15, 0.2) is 43.0 Å². The Kier molecular flexibility index (Phi) is 5.00. The van der Waals surface area contributed by atoms with Crippen molar-refractivity contribution in [2.45, 2.75) is 37.5 Å². The van der Waals surface area contributed by atoms with E-state index in [9.17, 15) is 9.59 Å². The molecule has 2 aliphatic rings. The number of nitrogens with zero attached hydrogens (tertiary/aromatic N) is 1. The zero-order valence-corrected chi connectivity index (χ0v) is 13.9. The third kappa shape index (κ3) is 3.08. The van der Waals surface area contributed by atoms with Gasteiger partial charge in [0.05, 0.1) is 12.7 Å². The molecule has 0 aromatic heterocycles. The van der Waals surface area contributed by atoms with Gasteiger partial charge < -0.3 is 9.47 Å². The van der Waals surface area contributed by atoms with E-state index in [0.717, 1.165) is 19.4 Å². The Balaban J connectivity index is 1.80. The van der Waals surface area contributed by atoms with E-state index in [0.29, 0.717) is 18.0 Å². The summed E-state index contributed by atoms with van der Waals surface area (Å²) in [5, 5.41) is 0. The minimum Gasteiger partial charge on any atom is -0.469 e. The summed E-state index contributed by atoms with van der Waals surface area (Å²) in [4.78, 5) is 27.1. The van der Waals surface area contributed by atoms with Gasteiger partial charge in [0.25, 0.3) is 0 Å². The molecule has 0 amide bonds. The Morgan fingerprint density at radius 1 is 1.29 bits per heavy atom. The van der Waals surface area contributed by atoms with Gasteiger partial charge in [-0.05, 0) is 25.0 Å². The molecule has 0 saturated carbocycles. The van der Waals surface area contributed by atoms with Crippen molar-refractivity contribution in [3.05, 3.63) is 48.6 Å². The van der Waals surface area contributed by atoms with Crippen LogP contribution in [0.3, 0.4) is 0 Å². The van der Waals surface area contributed by atoms with E-state index >= 15 is 0 Å². The van der Waals surface area contributed by atoms with Crippen molar-refractivity contribution in [1.82, 2.24) is 4.90 Å². The molecule has 1 aromatic carbocycles. The van der Waals surface area contributed by atoms with Crippen molar-refractivity contribution in [2.24, 2.45) is 5.92 Å². The zero-order valence-electron chi connectivity index (χ0n) is 13.9. The first kappa shape index (κ1) is 16.7. The third-order valence-corrected chi connectivity index (χ3v) is 5.09. The number of methoxy groups -OCH3 is 1. The van der Waals surface area contributed by atoms with Crippen LogP contribution < -0.4 is 0 Å². The van der Waals surface area contributed by atoms with Crippen LogP contribution in [0.5, 0.6) is 0 Å². The number of esters is 2. The van der Waals surface area contributed by atoms with Gasteiger partial charge >= 0.3 is 11.9 Å². The molecule has 2 saturated heterocycles. The first-order chi connectivity index (χ1) is 11.7. The standard InChI is InChI=1S/C19H23NO4/c1-3-11-20-14-9-10-15(20)17(19(22)23-2)16(12-14)24-18(21)13-7-5-4-6-8-13/h3-8,14-17H,1,9-12H2,2H3/t14?,15-,16?,17?/m1/s1. The van der Waals surface area contributed by atoms with E-state index < -0.39 is 12.0 Å². The number of fused-ring (bicyclic) bond motifs is 2. The first-order valence-corrected chi connectivity index (χ1v) is 8.36. The summed E-state index contributed by atoms with van der Waals surface area (Å²) < 4.78 is 10.7.